The van der Waals surface area contributed by atoms with E-state index in [9.17, 15) is 4.39 Å². The van der Waals surface area contributed by atoms with Gasteiger partial charge >= 0.3 is 0 Å². The molecule has 2 heterocycles. The van der Waals surface area contributed by atoms with E-state index in [2.05, 4.69) is 20.4 Å². The van der Waals surface area contributed by atoms with Crippen molar-refractivity contribution in [2.45, 2.75) is 0 Å². The molecular weight excluding hydrogens is 259 g/mol. The highest BCUT2D eigenvalue weighted by Gasteiger charge is 2.08. The Bertz CT molecular complexity index is 804. The molecule has 0 radical (unpaired) electrons. The smallest absolute Gasteiger partial charge is 0.207 e. The van der Waals surface area contributed by atoms with Crippen molar-refractivity contribution in [1.82, 2.24) is 25.2 Å². The summed E-state index contributed by atoms with van der Waals surface area (Å²) < 4.78 is 13.1. The first-order chi connectivity index (χ1) is 9.76. The summed E-state index contributed by atoms with van der Waals surface area (Å²) in [5, 5.41) is 20.7. The molecule has 3 aromatic rings. The van der Waals surface area contributed by atoms with E-state index >= 15 is 0 Å². The quantitative estimate of drug-likeness (QED) is 0.705. The zero-order valence-electron chi connectivity index (χ0n) is 10.1. The Morgan fingerprint density at radius 3 is 2.90 bits per heavy atom. The van der Waals surface area contributed by atoms with Crippen molar-refractivity contribution in [3.63, 3.8) is 0 Å². The van der Waals surface area contributed by atoms with Gasteiger partial charge in [0, 0.05) is 11.8 Å². The van der Waals surface area contributed by atoms with Crippen molar-refractivity contribution >= 4 is 0 Å². The SMILES string of the molecule is N#Cc1cccc(-n2nnc(-c3cncc(F)c3)n2)c1. The van der Waals surface area contributed by atoms with Crippen molar-refractivity contribution in [3.8, 4) is 23.1 Å². The fraction of sp³-hybridized carbons (Fsp3) is 0. The highest BCUT2D eigenvalue weighted by Crippen LogP contribution is 2.14. The van der Waals surface area contributed by atoms with Gasteiger partial charge in [-0.15, -0.1) is 15.0 Å². The van der Waals surface area contributed by atoms with Gasteiger partial charge in [0.2, 0.25) is 5.82 Å². The van der Waals surface area contributed by atoms with Crippen molar-refractivity contribution in [1.29, 1.82) is 5.26 Å². The minimum absolute atomic E-state index is 0.263. The van der Waals surface area contributed by atoms with Crippen molar-refractivity contribution < 1.29 is 4.39 Å². The molecule has 0 aliphatic heterocycles. The first-order valence-corrected chi connectivity index (χ1v) is 5.68. The van der Waals surface area contributed by atoms with Crippen LogP contribution < -0.4 is 0 Å². The minimum Gasteiger partial charge on any atom is -0.261 e. The molecule has 0 spiro atoms. The van der Waals surface area contributed by atoms with Crippen LogP contribution in [0.4, 0.5) is 4.39 Å². The number of pyridine rings is 1. The number of hydrogen-bond acceptors (Lipinski definition) is 5. The summed E-state index contributed by atoms with van der Waals surface area (Å²) in [6.45, 7) is 0. The summed E-state index contributed by atoms with van der Waals surface area (Å²) in [5.41, 5.74) is 1.54. The molecule has 2 aromatic heterocycles. The molecule has 3 rings (SSSR count). The molecule has 0 aliphatic rings. The third kappa shape index (κ3) is 2.22. The van der Waals surface area contributed by atoms with Crippen LogP contribution >= 0.6 is 0 Å². The lowest BCUT2D eigenvalue weighted by Gasteiger charge is -1.97. The second-order valence-electron chi connectivity index (χ2n) is 3.96. The highest BCUT2D eigenvalue weighted by atomic mass is 19.1. The third-order valence-electron chi connectivity index (χ3n) is 2.58. The van der Waals surface area contributed by atoms with E-state index in [-0.39, 0.29) is 5.82 Å². The van der Waals surface area contributed by atoms with E-state index in [1.54, 1.807) is 24.3 Å². The van der Waals surface area contributed by atoms with E-state index in [4.69, 9.17) is 5.26 Å². The molecule has 96 valence electrons. The summed E-state index contributed by atoms with van der Waals surface area (Å²) in [5.74, 6) is -0.204. The molecule has 0 N–H and O–H groups in total. The molecule has 1 aromatic carbocycles. The summed E-state index contributed by atoms with van der Waals surface area (Å²) in [7, 11) is 0. The molecule has 0 unspecified atom stereocenters. The normalized spacial score (nSPS) is 10.2. The van der Waals surface area contributed by atoms with Gasteiger partial charge in [-0.3, -0.25) is 4.98 Å². The number of benzene rings is 1. The lowest BCUT2D eigenvalue weighted by atomic mass is 10.2. The van der Waals surface area contributed by atoms with Gasteiger partial charge in [-0.2, -0.15) is 5.26 Å². The number of tetrazole rings is 1. The van der Waals surface area contributed by atoms with Gasteiger partial charge in [-0.1, -0.05) is 6.07 Å². The Balaban J connectivity index is 2.00. The van der Waals surface area contributed by atoms with E-state index in [0.717, 1.165) is 6.20 Å². The predicted molar refractivity (Wildman–Crippen MR) is 67.1 cm³/mol. The monoisotopic (exact) mass is 266 g/mol. The average molecular weight is 266 g/mol. The van der Waals surface area contributed by atoms with Crippen molar-refractivity contribution in [2.24, 2.45) is 0 Å². The Hall–Kier alpha value is -3.14. The largest absolute Gasteiger partial charge is 0.261 e. The van der Waals surface area contributed by atoms with Crippen LogP contribution in [-0.4, -0.2) is 25.2 Å². The lowest BCUT2D eigenvalue weighted by molar-refractivity contribution is 0.622. The number of nitriles is 1. The number of nitrogens with zero attached hydrogens (tertiary/aromatic N) is 6. The zero-order chi connectivity index (χ0) is 13.9. The van der Waals surface area contributed by atoms with Crippen LogP contribution in [0.25, 0.3) is 17.1 Å². The summed E-state index contributed by atoms with van der Waals surface area (Å²) in [6.07, 6.45) is 2.56. The summed E-state index contributed by atoms with van der Waals surface area (Å²) in [4.78, 5) is 5.01. The number of hydrogen-bond donors (Lipinski definition) is 0. The zero-order valence-corrected chi connectivity index (χ0v) is 10.1. The minimum atomic E-state index is -0.467. The number of halogens is 1. The van der Waals surface area contributed by atoms with E-state index in [0.29, 0.717) is 16.8 Å². The van der Waals surface area contributed by atoms with Gasteiger partial charge in [-0.25, -0.2) is 4.39 Å². The maximum absolute atomic E-state index is 13.1. The average Bonchev–Trinajstić information content (AvgIpc) is 2.97. The van der Waals surface area contributed by atoms with Gasteiger partial charge in [-0.05, 0) is 29.5 Å². The summed E-state index contributed by atoms with van der Waals surface area (Å²) >= 11 is 0. The first-order valence-electron chi connectivity index (χ1n) is 5.68. The molecule has 0 saturated heterocycles. The van der Waals surface area contributed by atoms with Gasteiger partial charge in [0.15, 0.2) is 0 Å². The Morgan fingerprint density at radius 2 is 2.10 bits per heavy atom. The molecule has 20 heavy (non-hydrogen) atoms. The van der Waals surface area contributed by atoms with Crippen molar-refractivity contribution in [2.75, 3.05) is 0 Å². The summed E-state index contributed by atoms with van der Waals surface area (Å²) in [6, 6.07) is 10.1. The molecule has 7 heteroatoms. The molecule has 0 saturated carbocycles. The predicted octanol–water partition coefficient (Wildman–Crippen LogP) is 1.74. The van der Waals surface area contributed by atoms with Crippen LogP contribution in [0.2, 0.25) is 0 Å². The van der Waals surface area contributed by atoms with Crippen LogP contribution in [0.3, 0.4) is 0 Å². The topological polar surface area (TPSA) is 80.3 Å². The molecule has 0 fully saturated rings. The fourth-order valence-corrected chi connectivity index (χ4v) is 1.67. The number of aromatic nitrogens is 5. The van der Waals surface area contributed by atoms with Gasteiger partial charge < -0.3 is 0 Å². The fourth-order valence-electron chi connectivity index (χ4n) is 1.67. The van der Waals surface area contributed by atoms with Crippen LogP contribution in [0, 0.1) is 17.1 Å². The maximum Gasteiger partial charge on any atom is 0.207 e. The molecule has 0 amide bonds. The second kappa shape index (κ2) is 4.85. The van der Waals surface area contributed by atoms with Gasteiger partial charge in [0.05, 0.1) is 23.5 Å². The van der Waals surface area contributed by atoms with Gasteiger partial charge in [0.25, 0.3) is 0 Å². The van der Waals surface area contributed by atoms with Gasteiger partial charge in [0.1, 0.15) is 5.82 Å². The Morgan fingerprint density at radius 1 is 1.20 bits per heavy atom. The van der Waals surface area contributed by atoms with Crippen LogP contribution in [-0.2, 0) is 0 Å². The standard InChI is InChI=1S/C13H7FN6/c14-11-5-10(7-16-8-11)13-17-19-20(18-13)12-3-1-2-9(4-12)6-15/h1-5,7-8H. The van der Waals surface area contributed by atoms with Crippen LogP contribution in [0.1, 0.15) is 5.56 Å². The highest BCUT2D eigenvalue weighted by molar-refractivity contribution is 5.52. The lowest BCUT2D eigenvalue weighted by Crippen LogP contribution is -1.99. The maximum atomic E-state index is 13.1. The first kappa shape index (κ1) is 11.9. The van der Waals surface area contributed by atoms with E-state index < -0.39 is 5.82 Å². The Labute approximate surface area is 113 Å². The number of rotatable bonds is 2. The molecule has 0 atom stereocenters. The van der Waals surface area contributed by atoms with E-state index in [1.807, 2.05) is 6.07 Å². The third-order valence-corrected chi connectivity index (χ3v) is 2.58. The molecule has 0 bridgehead atoms. The van der Waals surface area contributed by atoms with E-state index in [1.165, 1.54) is 17.1 Å². The molecule has 0 aliphatic carbocycles. The molecule has 6 nitrogen and oxygen atoms in total. The van der Waals surface area contributed by atoms with Crippen molar-refractivity contribution in [3.05, 3.63) is 54.1 Å². The Kier molecular flexibility index (Phi) is 2.89. The second-order valence-corrected chi connectivity index (χ2v) is 3.96. The van der Waals surface area contributed by atoms with Crippen LogP contribution in [0.5, 0.6) is 0 Å². The van der Waals surface area contributed by atoms with Crippen LogP contribution in [0.15, 0.2) is 42.7 Å². The molecular formula is C13H7FN6.